The molecule has 0 aliphatic carbocycles. The maximum absolute atomic E-state index is 12.3. The Labute approximate surface area is 149 Å². The number of imide groups is 1. The molecule has 0 unspecified atom stereocenters. The first kappa shape index (κ1) is 18.4. The standard InChI is InChI=1S/C16H21BrN4O3/c1-20(2)9-7-19-16(24)18-6-3-8-21-14(22)12-5-4-11(17)10-13(12)15(21)23/h4-5,10H,3,6-9H2,1-2H3,(H2,18,19,24). The molecule has 2 N–H and O–H groups in total. The molecule has 1 aliphatic heterocycles. The van der Waals surface area contributed by atoms with Crippen molar-refractivity contribution < 1.29 is 14.4 Å². The Bertz CT molecular complexity index is 648. The number of hydrogen-bond acceptors (Lipinski definition) is 4. The first-order valence-corrected chi connectivity index (χ1v) is 8.51. The minimum atomic E-state index is -0.285. The Hall–Kier alpha value is -1.93. The minimum absolute atomic E-state index is 0.247. The van der Waals surface area contributed by atoms with Crippen LogP contribution in [-0.2, 0) is 0 Å². The van der Waals surface area contributed by atoms with E-state index < -0.39 is 0 Å². The van der Waals surface area contributed by atoms with Crippen molar-refractivity contribution in [3.05, 3.63) is 33.8 Å². The molecule has 1 heterocycles. The fourth-order valence-corrected chi connectivity index (χ4v) is 2.72. The molecule has 0 saturated carbocycles. The Kier molecular flexibility index (Phi) is 6.33. The second kappa shape index (κ2) is 8.25. The summed E-state index contributed by atoms with van der Waals surface area (Å²) < 4.78 is 0.764. The number of likely N-dealkylation sites (N-methyl/N-ethyl adjacent to an activating group) is 1. The Morgan fingerprint density at radius 2 is 1.79 bits per heavy atom. The number of benzene rings is 1. The number of halogens is 1. The van der Waals surface area contributed by atoms with Crippen LogP contribution in [0.4, 0.5) is 4.79 Å². The van der Waals surface area contributed by atoms with E-state index in [9.17, 15) is 14.4 Å². The predicted molar refractivity (Wildman–Crippen MR) is 94.1 cm³/mol. The van der Waals surface area contributed by atoms with Crippen LogP contribution in [0.1, 0.15) is 27.1 Å². The largest absolute Gasteiger partial charge is 0.338 e. The Morgan fingerprint density at radius 1 is 1.12 bits per heavy atom. The van der Waals surface area contributed by atoms with Crippen molar-refractivity contribution in [2.24, 2.45) is 0 Å². The van der Waals surface area contributed by atoms with Crippen molar-refractivity contribution in [3.63, 3.8) is 0 Å². The van der Waals surface area contributed by atoms with Crippen molar-refractivity contribution >= 4 is 33.8 Å². The summed E-state index contributed by atoms with van der Waals surface area (Å²) in [4.78, 5) is 39.3. The summed E-state index contributed by atoms with van der Waals surface area (Å²) in [6.45, 7) is 2.00. The van der Waals surface area contributed by atoms with E-state index in [1.54, 1.807) is 18.2 Å². The van der Waals surface area contributed by atoms with Gasteiger partial charge in [-0.15, -0.1) is 0 Å². The zero-order chi connectivity index (χ0) is 17.7. The summed E-state index contributed by atoms with van der Waals surface area (Å²) in [5, 5.41) is 5.45. The topological polar surface area (TPSA) is 81.8 Å². The van der Waals surface area contributed by atoms with Gasteiger partial charge in [-0.2, -0.15) is 0 Å². The summed E-state index contributed by atoms with van der Waals surface area (Å²) in [5.41, 5.74) is 0.848. The molecule has 1 aromatic carbocycles. The van der Waals surface area contributed by atoms with Gasteiger partial charge in [0.2, 0.25) is 0 Å². The van der Waals surface area contributed by atoms with Crippen LogP contribution < -0.4 is 10.6 Å². The fourth-order valence-electron chi connectivity index (χ4n) is 2.36. The fraction of sp³-hybridized carbons (Fsp3) is 0.438. The molecule has 1 aliphatic rings. The Morgan fingerprint density at radius 3 is 2.50 bits per heavy atom. The highest BCUT2D eigenvalue weighted by Gasteiger charge is 2.34. The molecule has 8 heteroatoms. The van der Waals surface area contributed by atoms with Gasteiger partial charge in [0.1, 0.15) is 0 Å². The number of carbonyl (C=O) groups excluding carboxylic acids is 3. The second-order valence-corrected chi connectivity index (χ2v) is 6.71. The minimum Gasteiger partial charge on any atom is -0.338 e. The molecule has 4 amide bonds. The number of amides is 4. The zero-order valence-corrected chi connectivity index (χ0v) is 15.4. The molecule has 7 nitrogen and oxygen atoms in total. The van der Waals surface area contributed by atoms with Gasteiger partial charge < -0.3 is 15.5 Å². The van der Waals surface area contributed by atoms with E-state index in [2.05, 4.69) is 26.6 Å². The molecule has 2 rings (SSSR count). The first-order chi connectivity index (χ1) is 11.4. The number of nitrogens with zero attached hydrogens (tertiary/aromatic N) is 2. The molecular weight excluding hydrogens is 376 g/mol. The van der Waals surface area contributed by atoms with Crippen LogP contribution in [-0.4, -0.2) is 67.9 Å². The van der Waals surface area contributed by atoms with E-state index in [4.69, 9.17) is 0 Å². The van der Waals surface area contributed by atoms with Crippen LogP contribution >= 0.6 is 15.9 Å². The molecule has 0 bridgehead atoms. The summed E-state index contributed by atoms with van der Waals surface area (Å²) in [7, 11) is 3.86. The van der Waals surface area contributed by atoms with Crippen molar-refractivity contribution in [3.8, 4) is 0 Å². The summed E-state index contributed by atoms with van der Waals surface area (Å²) in [5.74, 6) is -0.565. The maximum atomic E-state index is 12.3. The molecule has 0 atom stereocenters. The number of nitrogens with one attached hydrogen (secondary N) is 2. The molecule has 0 saturated heterocycles. The van der Waals surface area contributed by atoms with Crippen molar-refractivity contribution in [2.45, 2.75) is 6.42 Å². The van der Waals surface area contributed by atoms with Gasteiger partial charge in [0, 0.05) is 30.7 Å². The van der Waals surface area contributed by atoms with Crippen LogP contribution in [0.5, 0.6) is 0 Å². The number of rotatable bonds is 7. The molecule has 0 fully saturated rings. The van der Waals surface area contributed by atoms with Crippen LogP contribution in [0, 0.1) is 0 Å². The van der Waals surface area contributed by atoms with E-state index in [1.165, 1.54) is 4.90 Å². The van der Waals surface area contributed by atoms with Gasteiger partial charge in [0.25, 0.3) is 11.8 Å². The third-order valence-electron chi connectivity index (χ3n) is 3.62. The lowest BCUT2D eigenvalue weighted by atomic mass is 10.1. The second-order valence-electron chi connectivity index (χ2n) is 5.79. The van der Waals surface area contributed by atoms with Gasteiger partial charge in [-0.1, -0.05) is 15.9 Å². The monoisotopic (exact) mass is 396 g/mol. The van der Waals surface area contributed by atoms with Crippen molar-refractivity contribution in [1.82, 2.24) is 20.4 Å². The van der Waals surface area contributed by atoms with Crippen LogP contribution in [0.25, 0.3) is 0 Å². The third kappa shape index (κ3) is 4.55. The number of hydrogen-bond donors (Lipinski definition) is 2. The number of fused-ring (bicyclic) bond motifs is 1. The smallest absolute Gasteiger partial charge is 0.314 e. The Balaban J connectivity index is 1.75. The zero-order valence-electron chi connectivity index (χ0n) is 13.8. The molecule has 130 valence electrons. The molecule has 0 spiro atoms. The van der Waals surface area contributed by atoms with Gasteiger partial charge >= 0.3 is 6.03 Å². The number of urea groups is 1. The highest BCUT2D eigenvalue weighted by atomic mass is 79.9. The quantitative estimate of drug-likeness (QED) is 0.537. The van der Waals surface area contributed by atoms with Gasteiger partial charge in [-0.25, -0.2) is 4.79 Å². The first-order valence-electron chi connectivity index (χ1n) is 7.72. The van der Waals surface area contributed by atoms with Gasteiger partial charge in [0.05, 0.1) is 11.1 Å². The van der Waals surface area contributed by atoms with Gasteiger partial charge in [-0.3, -0.25) is 14.5 Å². The van der Waals surface area contributed by atoms with E-state index in [-0.39, 0.29) is 24.4 Å². The SMILES string of the molecule is CN(C)CCNC(=O)NCCCN1C(=O)c2ccc(Br)cc2C1=O. The maximum Gasteiger partial charge on any atom is 0.314 e. The third-order valence-corrected chi connectivity index (χ3v) is 4.11. The van der Waals surface area contributed by atoms with Crippen LogP contribution in [0.2, 0.25) is 0 Å². The number of carbonyl (C=O) groups is 3. The summed E-state index contributed by atoms with van der Waals surface area (Å²) in [6, 6.07) is 4.80. The molecule has 24 heavy (non-hydrogen) atoms. The van der Waals surface area contributed by atoms with E-state index in [0.717, 1.165) is 11.0 Å². The molecule has 0 aromatic heterocycles. The van der Waals surface area contributed by atoms with Gasteiger partial charge in [0.15, 0.2) is 0 Å². The summed E-state index contributed by atoms with van der Waals surface area (Å²) in [6.07, 6.45) is 0.508. The lowest BCUT2D eigenvalue weighted by molar-refractivity contribution is 0.0653. The van der Waals surface area contributed by atoms with Crippen LogP contribution in [0.15, 0.2) is 22.7 Å². The van der Waals surface area contributed by atoms with Crippen molar-refractivity contribution in [1.29, 1.82) is 0 Å². The van der Waals surface area contributed by atoms with E-state index in [1.807, 2.05) is 19.0 Å². The highest BCUT2D eigenvalue weighted by Crippen LogP contribution is 2.25. The highest BCUT2D eigenvalue weighted by molar-refractivity contribution is 9.10. The van der Waals surface area contributed by atoms with Crippen LogP contribution in [0.3, 0.4) is 0 Å². The normalized spacial score (nSPS) is 13.4. The average molecular weight is 397 g/mol. The average Bonchev–Trinajstić information content (AvgIpc) is 2.75. The van der Waals surface area contributed by atoms with Gasteiger partial charge in [-0.05, 0) is 38.7 Å². The summed E-state index contributed by atoms with van der Waals surface area (Å²) >= 11 is 3.30. The molecular formula is C16H21BrN4O3. The lowest BCUT2D eigenvalue weighted by Gasteiger charge is -2.14. The van der Waals surface area contributed by atoms with Crippen molar-refractivity contribution in [2.75, 3.05) is 40.3 Å². The van der Waals surface area contributed by atoms with E-state index >= 15 is 0 Å². The predicted octanol–water partition coefficient (Wildman–Crippen LogP) is 1.30. The lowest BCUT2D eigenvalue weighted by Crippen LogP contribution is -2.40. The molecule has 0 radical (unpaired) electrons. The van der Waals surface area contributed by atoms with E-state index in [0.29, 0.717) is 30.6 Å². The molecule has 1 aromatic rings.